The van der Waals surface area contributed by atoms with Crippen LogP contribution in [-0.4, -0.2) is 14.5 Å². The summed E-state index contributed by atoms with van der Waals surface area (Å²) in [6.07, 6.45) is 0. The standard InChI is InChI=1S/C42H25N3S/c1-2-10-26(11-3-1)41-34-21-19-29(30-18-20-33-32-15-7-9-17-39(32)46-40(33)25-30)23-36(34)43-42(44-41)45-37-16-8-6-14-31(37)35-22-27-12-4-5-13-28(27)24-38(35)45/h1-25H. The minimum Gasteiger partial charge on any atom is -0.278 e. The molecule has 3 heterocycles. The highest BCUT2D eigenvalue weighted by molar-refractivity contribution is 7.25. The van der Waals surface area contributed by atoms with Crippen LogP contribution in [0.1, 0.15) is 0 Å². The first-order valence-corrected chi connectivity index (χ1v) is 16.3. The number of rotatable bonds is 3. The molecule has 46 heavy (non-hydrogen) atoms. The molecule has 3 aromatic heterocycles. The van der Waals surface area contributed by atoms with E-state index in [-0.39, 0.29) is 0 Å². The van der Waals surface area contributed by atoms with Crippen LogP contribution in [-0.2, 0) is 0 Å². The number of hydrogen-bond donors (Lipinski definition) is 0. The summed E-state index contributed by atoms with van der Waals surface area (Å²) in [4.78, 5) is 10.6. The third-order valence-electron chi connectivity index (χ3n) is 9.18. The largest absolute Gasteiger partial charge is 0.278 e. The van der Waals surface area contributed by atoms with Crippen LogP contribution in [0.25, 0.3) is 92.0 Å². The van der Waals surface area contributed by atoms with E-state index in [2.05, 4.69) is 150 Å². The molecule has 4 heteroatoms. The Balaban J connectivity index is 1.24. The zero-order valence-corrected chi connectivity index (χ0v) is 25.5. The van der Waals surface area contributed by atoms with Gasteiger partial charge in [0.2, 0.25) is 5.95 Å². The molecule has 0 unspecified atom stereocenters. The van der Waals surface area contributed by atoms with Gasteiger partial charge in [0.05, 0.1) is 22.2 Å². The zero-order valence-electron chi connectivity index (χ0n) is 24.7. The lowest BCUT2D eigenvalue weighted by molar-refractivity contribution is 1.01. The first-order chi connectivity index (χ1) is 22.8. The fourth-order valence-electron chi connectivity index (χ4n) is 6.99. The third kappa shape index (κ3) is 3.84. The minimum absolute atomic E-state index is 0.671. The van der Waals surface area contributed by atoms with Crippen molar-refractivity contribution in [2.45, 2.75) is 0 Å². The molecule has 0 atom stereocenters. The maximum absolute atomic E-state index is 5.32. The van der Waals surface area contributed by atoms with Gasteiger partial charge in [0.1, 0.15) is 0 Å². The summed E-state index contributed by atoms with van der Waals surface area (Å²) < 4.78 is 4.85. The van der Waals surface area contributed by atoms with Gasteiger partial charge in [0.25, 0.3) is 0 Å². The van der Waals surface area contributed by atoms with Gasteiger partial charge in [-0.15, -0.1) is 11.3 Å². The van der Waals surface area contributed by atoms with Gasteiger partial charge in [0.15, 0.2) is 0 Å². The van der Waals surface area contributed by atoms with E-state index in [9.17, 15) is 0 Å². The molecule has 0 N–H and O–H groups in total. The van der Waals surface area contributed by atoms with Crippen LogP contribution in [0.15, 0.2) is 152 Å². The number of para-hydroxylation sites is 1. The van der Waals surface area contributed by atoms with Crippen LogP contribution in [0.4, 0.5) is 0 Å². The molecular weight excluding hydrogens is 579 g/mol. The molecular formula is C42H25N3S. The van der Waals surface area contributed by atoms with Crippen molar-refractivity contribution < 1.29 is 0 Å². The monoisotopic (exact) mass is 603 g/mol. The Morgan fingerprint density at radius 1 is 0.413 bits per heavy atom. The Morgan fingerprint density at radius 3 is 1.96 bits per heavy atom. The Labute approximate surface area is 268 Å². The van der Waals surface area contributed by atoms with Crippen LogP contribution in [0.3, 0.4) is 0 Å². The van der Waals surface area contributed by atoms with Crippen molar-refractivity contribution in [1.82, 2.24) is 14.5 Å². The van der Waals surface area contributed by atoms with Crippen molar-refractivity contribution in [3.63, 3.8) is 0 Å². The predicted octanol–water partition coefficient (Wildman–Crippen LogP) is 11.6. The van der Waals surface area contributed by atoms with Crippen LogP contribution in [0, 0.1) is 0 Å². The van der Waals surface area contributed by atoms with Gasteiger partial charge in [-0.3, -0.25) is 4.57 Å². The molecule has 0 bridgehead atoms. The lowest BCUT2D eigenvalue weighted by atomic mass is 10.00. The zero-order chi connectivity index (χ0) is 30.2. The number of hydrogen-bond acceptors (Lipinski definition) is 3. The lowest BCUT2D eigenvalue weighted by Crippen LogP contribution is -2.03. The van der Waals surface area contributed by atoms with Gasteiger partial charge >= 0.3 is 0 Å². The van der Waals surface area contributed by atoms with Gasteiger partial charge in [-0.25, -0.2) is 9.97 Å². The second-order valence-corrected chi connectivity index (χ2v) is 12.9. The number of fused-ring (bicyclic) bond motifs is 8. The van der Waals surface area contributed by atoms with Gasteiger partial charge in [-0.05, 0) is 64.4 Å². The Hall–Kier alpha value is -5.84. The normalized spacial score (nSPS) is 11.9. The van der Waals surface area contributed by atoms with Crippen LogP contribution < -0.4 is 0 Å². The summed E-state index contributed by atoms with van der Waals surface area (Å²) in [5.74, 6) is 0.671. The Bertz CT molecular complexity index is 2810. The summed E-state index contributed by atoms with van der Waals surface area (Å²) in [6, 6.07) is 54.2. The maximum Gasteiger partial charge on any atom is 0.235 e. The van der Waals surface area contributed by atoms with E-state index in [4.69, 9.17) is 9.97 Å². The van der Waals surface area contributed by atoms with Gasteiger partial charge in [0, 0.05) is 41.9 Å². The van der Waals surface area contributed by atoms with Gasteiger partial charge < -0.3 is 0 Å². The molecule has 10 aromatic rings. The van der Waals surface area contributed by atoms with Crippen molar-refractivity contribution in [2.24, 2.45) is 0 Å². The molecule has 0 fully saturated rings. The highest BCUT2D eigenvalue weighted by atomic mass is 32.1. The van der Waals surface area contributed by atoms with Gasteiger partial charge in [-0.1, -0.05) is 109 Å². The molecule has 0 spiro atoms. The number of benzene rings is 7. The summed E-state index contributed by atoms with van der Waals surface area (Å²) in [5, 5.41) is 8.47. The highest BCUT2D eigenvalue weighted by Gasteiger charge is 2.18. The summed E-state index contributed by atoms with van der Waals surface area (Å²) in [7, 11) is 0. The van der Waals surface area contributed by atoms with Gasteiger partial charge in [-0.2, -0.15) is 0 Å². The SMILES string of the molecule is c1ccc(-c2nc(-n3c4ccccc4c4cc5ccccc5cc43)nc3cc(-c4ccc5c(c4)sc4ccccc45)ccc23)cc1. The van der Waals surface area contributed by atoms with Crippen molar-refractivity contribution in [3.8, 4) is 28.3 Å². The second-order valence-electron chi connectivity index (χ2n) is 11.8. The van der Waals surface area contributed by atoms with Crippen LogP contribution in [0.2, 0.25) is 0 Å². The second kappa shape index (κ2) is 9.83. The van der Waals surface area contributed by atoms with Crippen LogP contribution >= 0.6 is 11.3 Å². The number of thiophene rings is 1. The van der Waals surface area contributed by atoms with Crippen molar-refractivity contribution in [1.29, 1.82) is 0 Å². The Morgan fingerprint density at radius 2 is 1.09 bits per heavy atom. The fourth-order valence-corrected chi connectivity index (χ4v) is 8.13. The smallest absolute Gasteiger partial charge is 0.235 e. The number of aromatic nitrogens is 3. The molecule has 0 saturated heterocycles. The lowest BCUT2D eigenvalue weighted by Gasteiger charge is -2.13. The van der Waals surface area contributed by atoms with E-state index in [0.717, 1.165) is 38.8 Å². The summed E-state index contributed by atoms with van der Waals surface area (Å²) in [6.45, 7) is 0. The molecule has 0 saturated carbocycles. The van der Waals surface area contributed by atoms with E-state index in [1.807, 2.05) is 17.4 Å². The van der Waals surface area contributed by atoms with Crippen molar-refractivity contribution in [3.05, 3.63) is 152 Å². The van der Waals surface area contributed by atoms with E-state index in [0.29, 0.717) is 5.95 Å². The van der Waals surface area contributed by atoms with E-state index >= 15 is 0 Å². The van der Waals surface area contributed by atoms with Crippen LogP contribution in [0.5, 0.6) is 0 Å². The first kappa shape index (κ1) is 25.5. The number of nitrogens with zero attached hydrogens (tertiary/aromatic N) is 3. The Kier molecular flexibility index (Phi) is 5.45. The maximum atomic E-state index is 5.32. The topological polar surface area (TPSA) is 30.7 Å². The molecule has 0 radical (unpaired) electrons. The fraction of sp³-hybridized carbons (Fsp3) is 0. The molecule has 10 rings (SSSR count). The van der Waals surface area contributed by atoms with Crippen molar-refractivity contribution in [2.75, 3.05) is 0 Å². The van der Waals surface area contributed by atoms with E-state index < -0.39 is 0 Å². The first-order valence-electron chi connectivity index (χ1n) is 15.5. The van der Waals surface area contributed by atoms with Crippen molar-refractivity contribution >= 4 is 75.0 Å². The quantitative estimate of drug-likeness (QED) is 0.201. The van der Waals surface area contributed by atoms with E-state index in [1.165, 1.54) is 47.3 Å². The summed E-state index contributed by atoms with van der Waals surface area (Å²) in [5.41, 5.74) is 7.45. The molecule has 7 aromatic carbocycles. The molecule has 0 amide bonds. The third-order valence-corrected chi connectivity index (χ3v) is 10.3. The predicted molar refractivity (Wildman–Crippen MR) is 195 cm³/mol. The molecule has 0 aliphatic carbocycles. The molecule has 0 aliphatic rings. The molecule has 214 valence electrons. The van der Waals surface area contributed by atoms with E-state index in [1.54, 1.807) is 0 Å². The average molecular weight is 604 g/mol. The highest BCUT2D eigenvalue weighted by Crippen LogP contribution is 2.39. The minimum atomic E-state index is 0.671. The summed E-state index contributed by atoms with van der Waals surface area (Å²) >= 11 is 1.85. The average Bonchev–Trinajstić information content (AvgIpc) is 3.65. The molecule has 0 aliphatic heterocycles. The molecule has 3 nitrogen and oxygen atoms in total.